The van der Waals surface area contributed by atoms with Crippen LogP contribution in [0.5, 0.6) is 11.5 Å². The van der Waals surface area contributed by atoms with Crippen molar-refractivity contribution in [2.45, 2.75) is 27.7 Å². The lowest BCUT2D eigenvalue weighted by atomic mass is 10.1. The summed E-state index contributed by atoms with van der Waals surface area (Å²) in [6.07, 6.45) is 0. The molecule has 0 radical (unpaired) electrons. The van der Waals surface area contributed by atoms with Crippen molar-refractivity contribution in [2.75, 3.05) is 44.8 Å². The molecule has 0 aliphatic heterocycles. The molecule has 0 fully saturated rings. The summed E-state index contributed by atoms with van der Waals surface area (Å²) >= 11 is 1.56. The first-order chi connectivity index (χ1) is 14.9. The Hall–Kier alpha value is -2.64. The molecule has 1 amide bonds. The highest BCUT2D eigenvalue weighted by Gasteiger charge is 2.21. The summed E-state index contributed by atoms with van der Waals surface area (Å²) < 4.78 is 12.1. The summed E-state index contributed by atoms with van der Waals surface area (Å²) in [7, 11) is 1.61. The minimum absolute atomic E-state index is 0.0562. The number of thiazole rings is 1. The molecule has 1 aromatic heterocycles. The predicted molar refractivity (Wildman–Crippen MR) is 128 cm³/mol. The zero-order valence-electron chi connectivity index (χ0n) is 19.0. The van der Waals surface area contributed by atoms with Crippen molar-refractivity contribution in [1.82, 2.24) is 9.88 Å². The number of rotatable bonds is 10. The number of carbonyl (C=O) groups excluding carboxylic acids is 1. The number of hydrogen-bond donors (Lipinski definition) is 0. The van der Waals surface area contributed by atoms with Gasteiger partial charge in [0.25, 0.3) is 5.91 Å². The number of benzene rings is 2. The SMILES string of the molecule is CCN(CC)CCN(C(=O)COc1cccc(OC)c1)c1nc2c(C)cc(C)cc2s1. The van der Waals surface area contributed by atoms with E-state index in [2.05, 4.69) is 44.7 Å². The fraction of sp³-hybridized carbons (Fsp3) is 0.417. The van der Waals surface area contributed by atoms with Crippen molar-refractivity contribution in [3.63, 3.8) is 0 Å². The van der Waals surface area contributed by atoms with Crippen molar-refractivity contribution in [3.8, 4) is 11.5 Å². The normalized spacial score (nSPS) is 11.2. The zero-order valence-corrected chi connectivity index (χ0v) is 19.8. The first-order valence-corrected chi connectivity index (χ1v) is 11.4. The highest BCUT2D eigenvalue weighted by atomic mass is 32.1. The number of ether oxygens (including phenoxy) is 2. The molecule has 3 rings (SSSR count). The van der Waals surface area contributed by atoms with Gasteiger partial charge in [0.05, 0.1) is 17.3 Å². The predicted octanol–water partition coefficient (Wildman–Crippen LogP) is 4.68. The van der Waals surface area contributed by atoms with Crippen molar-refractivity contribution in [2.24, 2.45) is 0 Å². The minimum Gasteiger partial charge on any atom is -0.497 e. The van der Waals surface area contributed by atoms with Gasteiger partial charge in [0.2, 0.25) is 0 Å². The molecule has 0 saturated heterocycles. The van der Waals surface area contributed by atoms with E-state index in [1.807, 2.05) is 18.2 Å². The molecule has 3 aromatic rings. The lowest BCUT2D eigenvalue weighted by Crippen LogP contribution is -2.41. The van der Waals surface area contributed by atoms with Crippen molar-refractivity contribution >= 4 is 32.6 Å². The number of fused-ring (bicyclic) bond motifs is 1. The molecular weight excluding hydrogens is 410 g/mol. The largest absolute Gasteiger partial charge is 0.497 e. The third-order valence-corrected chi connectivity index (χ3v) is 6.31. The highest BCUT2D eigenvalue weighted by molar-refractivity contribution is 7.22. The summed E-state index contributed by atoms with van der Waals surface area (Å²) in [6, 6.07) is 11.5. The Balaban J connectivity index is 1.83. The van der Waals surface area contributed by atoms with Gasteiger partial charge in [-0.15, -0.1) is 0 Å². The van der Waals surface area contributed by atoms with E-state index in [9.17, 15) is 4.79 Å². The van der Waals surface area contributed by atoms with Crippen LogP contribution < -0.4 is 14.4 Å². The maximum absolute atomic E-state index is 13.2. The van der Waals surface area contributed by atoms with Gasteiger partial charge in [0, 0.05) is 19.2 Å². The van der Waals surface area contributed by atoms with E-state index < -0.39 is 0 Å². The average molecular weight is 442 g/mol. The van der Waals surface area contributed by atoms with Crippen LogP contribution in [0, 0.1) is 13.8 Å². The molecule has 0 unspecified atom stereocenters. The monoisotopic (exact) mass is 441 g/mol. The first kappa shape index (κ1) is 23.0. The molecule has 7 heteroatoms. The van der Waals surface area contributed by atoms with E-state index in [1.165, 1.54) is 5.56 Å². The Kier molecular flexibility index (Phi) is 7.87. The number of methoxy groups -OCH3 is 1. The Morgan fingerprint density at radius 3 is 2.52 bits per heavy atom. The van der Waals surface area contributed by atoms with Crippen LogP contribution in [0.25, 0.3) is 10.2 Å². The molecule has 0 aliphatic carbocycles. The summed E-state index contributed by atoms with van der Waals surface area (Å²) in [5, 5.41) is 0.718. The number of aryl methyl sites for hydroxylation is 2. The maximum Gasteiger partial charge on any atom is 0.266 e. The second-order valence-electron chi connectivity index (χ2n) is 7.46. The summed E-state index contributed by atoms with van der Waals surface area (Å²) in [4.78, 5) is 22.1. The molecule has 0 bridgehead atoms. The molecule has 0 atom stereocenters. The summed E-state index contributed by atoms with van der Waals surface area (Å²) in [6.45, 7) is 11.6. The van der Waals surface area contributed by atoms with Gasteiger partial charge >= 0.3 is 0 Å². The molecule has 31 heavy (non-hydrogen) atoms. The van der Waals surface area contributed by atoms with Gasteiger partial charge in [-0.1, -0.05) is 37.3 Å². The fourth-order valence-corrected chi connectivity index (χ4v) is 4.68. The topological polar surface area (TPSA) is 54.9 Å². The standard InChI is InChI=1S/C24H31N3O3S/c1-6-26(7-2)11-12-27(22(28)16-30-20-10-8-9-19(15-20)29-5)24-25-23-18(4)13-17(3)14-21(23)31-24/h8-10,13-15H,6-7,11-12,16H2,1-5H3. The smallest absolute Gasteiger partial charge is 0.266 e. The molecule has 0 aliphatic rings. The molecular formula is C24H31N3O3S. The van der Waals surface area contributed by atoms with E-state index in [-0.39, 0.29) is 12.5 Å². The number of aromatic nitrogens is 1. The molecule has 0 spiro atoms. The van der Waals surface area contributed by atoms with Gasteiger partial charge in [0.1, 0.15) is 11.5 Å². The van der Waals surface area contributed by atoms with Crippen LogP contribution in [0.1, 0.15) is 25.0 Å². The summed E-state index contributed by atoms with van der Waals surface area (Å²) in [5.74, 6) is 1.19. The number of hydrogen-bond acceptors (Lipinski definition) is 6. The van der Waals surface area contributed by atoms with E-state index in [4.69, 9.17) is 14.5 Å². The second-order valence-corrected chi connectivity index (χ2v) is 8.47. The van der Waals surface area contributed by atoms with Crippen LogP contribution in [0.2, 0.25) is 0 Å². The Morgan fingerprint density at radius 1 is 1.06 bits per heavy atom. The van der Waals surface area contributed by atoms with Crippen molar-refractivity contribution in [1.29, 1.82) is 0 Å². The number of carbonyl (C=O) groups is 1. The highest BCUT2D eigenvalue weighted by Crippen LogP contribution is 2.32. The quantitative estimate of drug-likeness (QED) is 0.457. The molecule has 1 heterocycles. The Labute approximate surface area is 188 Å². The lowest BCUT2D eigenvalue weighted by molar-refractivity contribution is -0.120. The first-order valence-electron chi connectivity index (χ1n) is 10.6. The van der Waals surface area contributed by atoms with Gasteiger partial charge in [-0.3, -0.25) is 9.69 Å². The van der Waals surface area contributed by atoms with E-state index >= 15 is 0 Å². The molecule has 166 valence electrons. The van der Waals surface area contributed by atoms with Crippen LogP contribution in [-0.2, 0) is 4.79 Å². The van der Waals surface area contributed by atoms with Crippen LogP contribution in [-0.4, -0.2) is 55.7 Å². The fourth-order valence-electron chi connectivity index (χ4n) is 3.50. The second kappa shape index (κ2) is 10.6. The minimum atomic E-state index is -0.108. The lowest BCUT2D eigenvalue weighted by Gasteiger charge is -2.24. The van der Waals surface area contributed by atoms with E-state index in [1.54, 1.807) is 29.4 Å². The number of likely N-dealkylation sites (N-methyl/N-ethyl adjacent to an activating group) is 1. The van der Waals surface area contributed by atoms with Crippen molar-refractivity contribution in [3.05, 3.63) is 47.5 Å². The van der Waals surface area contributed by atoms with Crippen LogP contribution in [0.4, 0.5) is 5.13 Å². The summed E-state index contributed by atoms with van der Waals surface area (Å²) in [5.41, 5.74) is 3.28. The van der Waals surface area contributed by atoms with E-state index in [0.717, 1.165) is 40.5 Å². The Morgan fingerprint density at radius 2 is 1.81 bits per heavy atom. The molecule has 0 saturated carbocycles. The van der Waals surface area contributed by atoms with Gasteiger partial charge in [-0.2, -0.15) is 0 Å². The number of nitrogens with zero attached hydrogens (tertiary/aromatic N) is 3. The third kappa shape index (κ3) is 5.74. The van der Waals surface area contributed by atoms with Crippen LogP contribution in [0.15, 0.2) is 36.4 Å². The van der Waals surface area contributed by atoms with Crippen molar-refractivity contribution < 1.29 is 14.3 Å². The number of amides is 1. The van der Waals surface area contributed by atoms with E-state index in [0.29, 0.717) is 18.0 Å². The average Bonchev–Trinajstić information content (AvgIpc) is 3.19. The van der Waals surface area contributed by atoms with Crippen LogP contribution >= 0.6 is 11.3 Å². The molecule has 0 N–H and O–H groups in total. The van der Waals surface area contributed by atoms with Gasteiger partial charge in [0.15, 0.2) is 11.7 Å². The molecule has 2 aromatic carbocycles. The third-order valence-electron chi connectivity index (χ3n) is 5.29. The number of anilines is 1. The van der Waals surface area contributed by atoms with Gasteiger partial charge in [-0.05, 0) is 56.3 Å². The molecule has 6 nitrogen and oxygen atoms in total. The zero-order chi connectivity index (χ0) is 22.4. The van der Waals surface area contributed by atoms with Gasteiger partial charge in [-0.25, -0.2) is 4.98 Å². The van der Waals surface area contributed by atoms with Gasteiger partial charge < -0.3 is 14.4 Å². The maximum atomic E-state index is 13.2. The van der Waals surface area contributed by atoms with Crippen LogP contribution in [0.3, 0.4) is 0 Å². The Bertz CT molecular complexity index is 1030.